The number of hydrogen-bond donors (Lipinski definition) is 3. The fourth-order valence-electron chi connectivity index (χ4n) is 0.939. The number of halogens is 1. The number of primary amides is 1. The number of sulfonamides is 1. The van der Waals surface area contributed by atoms with Crippen LogP contribution >= 0.6 is 0 Å². The van der Waals surface area contributed by atoms with E-state index in [-0.39, 0.29) is 0 Å². The average Bonchev–Trinajstić information content (AvgIpc) is 2.07. The highest BCUT2D eigenvalue weighted by molar-refractivity contribution is 7.90. The van der Waals surface area contributed by atoms with Crippen molar-refractivity contribution < 1.29 is 17.6 Å². The highest BCUT2D eigenvalue weighted by Crippen LogP contribution is 2.20. The van der Waals surface area contributed by atoms with Gasteiger partial charge in [-0.3, -0.25) is 0 Å². The maximum Gasteiger partial charge on any atom is 0.326 e. The highest BCUT2D eigenvalue weighted by atomic mass is 32.2. The van der Waals surface area contributed by atoms with E-state index in [1.807, 2.05) is 0 Å². The van der Waals surface area contributed by atoms with Crippen LogP contribution in [-0.4, -0.2) is 14.4 Å². The zero-order chi connectivity index (χ0) is 11.6. The number of carbonyl (C=O) groups is 1. The van der Waals surface area contributed by atoms with Gasteiger partial charge in [0.25, 0.3) is 10.0 Å². The van der Waals surface area contributed by atoms with Crippen LogP contribution in [0.25, 0.3) is 0 Å². The molecule has 0 aliphatic heterocycles. The number of amides is 2. The first-order valence-corrected chi connectivity index (χ1v) is 5.19. The summed E-state index contributed by atoms with van der Waals surface area (Å²) in [5.74, 6) is -0.887. The molecule has 2 amide bonds. The summed E-state index contributed by atoms with van der Waals surface area (Å²) in [6.45, 7) is 0. The van der Waals surface area contributed by atoms with Crippen molar-refractivity contribution >= 4 is 21.7 Å². The van der Waals surface area contributed by atoms with Crippen LogP contribution in [0.2, 0.25) is 0 Å². The van der Waals surface area contributed by atoms with Crippen molar-refractivity contribution in [2.45, 2.75) is 4.90 Å². The molecule has 0 fully saturated rings. The molecule has 1 rings (SSSR count). The molecule has 8 heteroatoms. The zero-order valence-corrected chi connectivity index (χ0v) is 8.21. The maximum absolute atomic E-state index is 12.9. The van der Waals surface area contributed by atoms with Crippen molar-refractivity contribution in [3.05, 3.63) is 24.0 Å². The van der Waals surface area contributed by atoms with E-state index >= 15 is 0 Å². The Morgan fingerprint density at radius 2 is 2.00 bits per heavy atom. The summed E-state index contributed by atoms with van der Waals surface area (Å²) in [7, 11) is -4.20. The number of benzene rings is 1. The van der Waals surface area contributed by atoms with E-state index in [9.17, 15) is 17.6 Å². The normalized spacial score (nSPS) is 11.0. The van der Waals surface area contributed by atoms with Crippen LogP contribution in [0, 0.1) is 5.82 Å². The van der Waals surface area contributed by atoms with Gasteiger partial charge < -0.3 is 11.5 Å². The number of nitrogens with one attached hydrogen (secondary N) is 1. The Bertz CT molecular complexity index is 500. The van der Waals surface area contributed by atoms with Crippen molar-refractivity contribution in [1.29, 1.82) is 0 Å². The molecule has 0 unspecified atom stereocenters. The molecule has 15 heavy (non-hydrogen) atoms. The molecule has 0 aromatic heterocycles. The Balaban J connectivity index is 3.28. The minimum Gasteiger partial charge on any atom is -0.395 e. The molecule has 6 nitrogen and oxygen atoms in total. The molecule has 0 spiro atoms. The third-order valence-corrected chi connectivity index (χ3v) is 2.94. The Morgan fingerprint density at radius 1 is 1.40 bits per heavy atom. The predicted molar refractivity (Wildman–Crippen MR) is 50.7 cm³/mol. The summed E-state index contributed by atoms with van der Waals surface area (Å²) in [5.41, 5.74) is 9.27. The number of nitrogens with two attached hydrogens (primary N) is 2. The fourth-order valence-corrected chi connectivity index (χ4v) is 1.96. The highest BCUT2D eigenvalue weighted by Gasteiger charge is 2.20. The summed E-state index contributed by atoms with van der Waals surface area (Å²) in [5, 5.41) is 0. The first kappa shape index (κ1) is 11.2. The van der Waals surface area contributed by atoms with Gasteiger partial charge in [0.15, 0.2) is 0 Å². The lowest BCUT2D eigenvalue weighted by molar-refractivity contribution is 0.253. The third-order valence-electron chi connectivity index (χ3n) is 1.54. The van der Waals surface area contributed by atoms with Crippen LogP contribution in [0.3, 0.4) is 0 Å². The van der Waals surface area contributed by atoms with Crippen LogP contribution < -0.4 is 16.2 Å². The van der Waals surface area contributed by atoms with Gasteiger partial charge in [0, 0.05) is 0 Å². The number of rotatable bonds is 2. The van der Waals surface area contributed by atoms with Gasteiger partial charge in [0.1, 0.15) is 10.7 Å². The van der Waals surface area contributed by atoms with E-state index in [2.05, 4.69) is 5.73 Å². The molecule has 82 valence electrons. The van der Waals surface area contributed by atoms with Gasteiger partial charge in [-0.15, -0.1) is 0 Å². The molecule has 0 heterocycles. The number of hydrogen-bond acceptors (Lipinski definition) is 4. The van der Waals surface area contributed by atoms with Gasteiger partial charge in [-0.25, -0.2) is 22.3 Å². The lowest BCUT2D eigenvalue weighted by Crippen LogP contribution is -2.35. The van der Waals surface area contributed by atoms with Crippen molar-refractivity contribution in [3.8, 4) is 0 Å². The van der Waals surface area contributed by atoms with E-state index in [1.54, 1.807) is 0 Å². The SMILES string of the molecule is NC(=O)NS(=O)(=O)c1cccc(F)c1N. The number of nitrogen functional groups attached to an aromatic ring is 1. The molecular formula is C7H8FN3O3S. The minimum atomic E-state index is -4.20. The van der Waals surface area contributed by atoms with Crippen LogP contribution in [-0.2, 0) is 10.0 Å². The van der Waals surface area contributed by atoms with Crippen molar-refractivity contribution in [3.63, 3.8) is 0 Å². The topological polar surface area (TPSA) is 115 Å². The molecule has 0 aliphatic rings. The van der Waals surface area contributed by atoms with Gasteiger partial charge >= 0.3 is 6.03 Å². The second-order valence-electron chi connectivity index (χ2n) is 2.62. The molecule has 0 atom stereocenters. The molecule has 0 bridgehead atoms. The molecule has 0 radical (unpaired) electrons. The van der Waals surface area contributed by atoms with E-state index in [4.69, 9.17) is 5.73 Å². The van der Waals surface area contributed by atoms with Crippen LogP contribution in [0.4, 0.5) is 14.9 Å². The van der Waals surface area contributed by atoms with Crippen LogP contribution in [0.1, 0.15) is 0 Å². The monoisotopic (exact) mass is 233 g/mol. The van der Waals surface area contributed by atoms with Gasteiger partial charge in [0.2, 0.25) is 0 Å². The largest absolute Gasteiger partial charge is 0.395 e. The summed E-state index contributed by atoms with van der Waals surface area (Å²) in [6, 6.07) is 1.95. The Labute approximate surface area is 85.1 Å². The standard InChI is InChI=1S/C7H8FN3O3S/c8-4-2-1-3-5(6(4)9)15(13,14)11-7(10)12/h1-3H,9H2,(H3,10,11,12). The smallest absolute Gasteiger partial charge is 0.326 e. The van der Waals surface area contributed by atoms with Crippen LogP contribution in [0.15, 0.2) is 23.1 Å². The van der Waals surface area contributed by atoms with E-state index in [0.717, 1.165) is 18.2 Å². The van der Waals surface area contributed by atoms with E-state index < -0.39 is 32.5 Å². The molecule has 1 aromatic rings. The van der Waals surface area contributed by atoms with Gasteiger partial charge in [-0.2, -0.15) is 0 Å². The lowest BCUT2D eigenvalue weighted by Gasteiger charge is -2.07. The summed E-state index contributed by atoms with van der Waals surface area (Å²) < 4.78 is 37.1. The third kappa shape index (κ3) is 2.34. The van der Waals surface area contributed by atoms with Crippen LogP contribution in [0.5, 0.6) is 0 Å². The Kier molecular flexibility index (Phi) is 2.80. The molecule has 0 aliphatic carbocycles. The summed E-state index contributed by atoms with van der Waals surface area (Å²) >= 11 is 0. The van der Waals surface area contributed by atoms with Gasteiger partial charge in [0.05, 0.1) is 5.69 Å². The fraction of sp³-hybridized carbons (Fsp3) is 0. The maximum atomic E-state index is 12.9. The molecular weight excluding hydrogens is 225 g/mol. The minimum absolute atomic E-state index is 0.527. The number of para-hydroxylation sites is 1. The average molecular weight is 233 g/mol. The Hall–Kier alpha value is -1.83. The van der Waals surface area contributed by atoms with E-state index in [1.165, 1.54) is 4.72 Å². The molecule has 0 saturated heterocycles. The van der Waals surface area contributed by atoms with E-state index in [0.29, 0.717) is 0 Å². The Morgan fingerprint density at radius 3 is 2.53 bits per heavy atom. The molecule has 1 aromatic carbocycles. The first-order valence-electron chi connectivity index (χ1n) is 3.71. The van der Waals surface area contributed by atoms with Gasteiger partial charge in [-0.1, -0.05) is 6.07 Å². The number of carbonyl (C=O) groups excluding carboxylic acids is 1. The van der Waals surface area contributed by atoms with Gasteiger partial charge in [-0.05, 0) is 12.1 Å². The van der Waals surface area contributed by atoms with Crippen molar-refractivity contribution in [2.24, 2.45) is 5.73 Å². The van der Waals surface area contributed by atoms with Crippen molar-refractivity contribution in [1.82, 2.24) is 4.72 Å². The lowest BCUT2D eigenvalue weighted by atomic mass is 10.3. The second-order valence-corrected chi connectivity index (χ2v) is 4.27. The summed E-state index contributed by atoms with van der Waals surface area (Å²) in [4.78, 5) is 9.86. The first-order chi connectivity index (χ1) is 6.84. The predicted octanol–water partition coefficient (Wildman–Crippen LogP) is -0.235. The molecule has 0 saturated carbocycles. The number of anilines is 1. The van der Waals surface area contributed by atoms with Crippen molar-refractivity contribution in [2.75, 3.05) is 5.73 Å². The zero-order valence-electron chi connectivity index (χ0n) is 7.40. The summed E-state index contributed by atoms with van der Waals surface area (Å²) in [6.07, 6.45) is 0. The second kappa shape index (κ2) is 3.73. The molecule has 5 N–H and O–H groups in total. The quantitative estimate of drug-likeness (QED) is 0.611. The number of urea groups is 1.